The number of carbonyl (C=O) groups excluding carboxylic acids is 2. The minimum absolute atomic E-state index is 0.173. The lowest BCUT2D eigenvalue weighted by Crippen LogP contribution is -2.30. The Balaban J connectivity index is 1.45. The van der Waals surface area contributed by atoms with E-state index in [0.29, 0.717) is 46.7 Å². The van der Waals surface area contributed by atoms with Gasteiger partial charge in [-0.25, -0.2) is 4.98 Å². The van der Waals surface area contributed by atoms with Crippen molar-refractivity contribution in [1.29, 1.82) is 0 Å². The van der Waals surface area contributed by atoms with Gasteiger partial charge < -0.3 is 10.2 Å². The van der Waals surface area contributed by atoms with Crippen LogP contribution in [0.5, 0.6) is 0 Å². The van der Waals surface area contributed by atoms with Crippen molar-refractivity contribution in [2.24, 2.45) is 0 Å². The monoisotopic (exact) mass is 370 g/mol. The minimum atomic E-state index is -0.214. The Morgan fingerprint density at radius 3 is 3.00 bits per heavy atom. The zero-order valence-electron chi connectivity index (χ0n) is 14.1. The van der Waals surface area contributed by atoms with Crippen LogP contribution in [-0.4, -0.2) is 45.7 Å². The third kappa shape index (κ3) is 3.08. The van der Waals surface area contributed by atoms with E-state index in [-0.39, 0.29) is 17.4 Å². The first-order valence-corrected chi connectivity index (χ1v) is 9.42. The number of nitrogens with one attached hydrogen (secondary N) is 1. The zero-order valence-corrected chi connectivity index (χ0v) is 14.9. The average molecular weight is 370 g/mol. The quantitative estimate of drug-likeness (QED) is 0.692. The van der Waals surface area contributed by atoms with Gasteiger partial charge in [-0.1, -0.05) is 6.07 Å². The Kier molecular flexibility index (Phi) is 4.42. The van der Waals surface area contributed by atoms with E-state index in [1.54, 1.807) is 24.4 Å². The number of pyridine rings is 1. The SMILES string of the molecule is O=C(NCCCN1CCCC1=O)c1cc2c(=O)n3ccccc3nc2s1. The molecule has 1 aliphatic rings. The first-order chi connectivity index (χ1) is 12.6. The second kappa shape index (κ2) is 6.87. The Morgan fingerprint density at radius 1 is 1.31 bits per heavy atom. The fraction of sp³-hybridized carbons (Fsp3) is 0.333. The highest BCUT2D eigenvalue weighted by molar-refractivity contribution is 7.20. The maximum Gasteiger partial charge on any atom is 0.266 e. The summed E-state index contributed by atoms with van der Waals surface area (Å²) in [5.74, 6) is -0.0198. The Hall–Kier alpha value is -2.74. The van der Waals surface area contributed by atoms with E-state index in [9.17, 15) is 14.4 Å². The number of fused-ring (bicyclic) bond motifs is 2. The molecule has 0 aromatic carbocycles. The van der Waals surface area contributed by atoms with Crippen molar-refractivity contribution in [1.82, 2.24) is 19.6 Å². The molecule has 1 aliphatic heterocycles. The van der Waals surface area contributed by atoms with Gasteiger partial charge in [0.15, 0.2) is 0 Å². The van der Waals surface area contributed by atoms with E-state index >= 15 is 0 Å². The molecule has 1 saturated heterocycles. The molecule has 8 heteroatoms. The maximum atomic E-state index is 12.5. The summed E-state index contributed by atoms with van der Waals surface area (Å²) in [6.45, 7) is 1.97. The molecule has 3 aromatic heterocycles. The van der Waals surface area contributed by atoms with Crippen molar-refractivity contribution in [2.45, 2.75) is 19.3 Å². The van der Waals surface area contributed by atoms with Crippen molar-refractivity contribution in [2.75, 3.05) is 19.6 Å². The first-order valence-electron chi connectivity index (χ1n) is 8.60. The summed E-state index contributed by atoms with van der Waals surface area (Å²) >= 11 is 1.22. The topological polar surface area (TPSA) is 83.8 Å². The lowest BCUT2D eigenvalue weighted by atomic mass is 10.3. The van der Waals surface area contributed by atoms with E-state index in [4.69, 9.17) is 0 Å². The first kappa shape index (κ1) is 16.7. The largest absolute Gasteiger partial charge is 0.351 e. The summed E-state index contributed by atoms with van der Waals surface area (Å²) in [7, 11) is 0. The predicted molar refractivity (Wildman–Crippen MR) is 99.6 cm³/mol. The van der Waals surface area contributed by atoms with Crippen LogP contribution in [0.3, 0.4) is 0 Å². The standard InChI is InChI=1S/C18H18N4O3S/c23-15-6-3-8-21(15)9-4-7-19-16(24)13-11-12-17(26-13)20-14-5-1-2-10-22(14)18(12)25/h1-2,5,10-11H,3-4,6-9H2,(H,19,24). The van der Waals surface area contributed by atoms with Gasteiger partial charge >= 0.3 is 0 Å². The molecule has 0 unspecified atom stereocenters. The molecule has 0 bridgehead atoms. The highest BCUT2D eigenvalue weighted by Crippen LogP contribution is 2.22. The molecule has 4 rings (SSSR count). The molecule has 0 spiro atoms. The van der Waals surface area contributed by atoms with Gasteiger partial charge in [0.1, 0.15) is 10.5 Å². The van der Waals surface area contributed by atoms with E-state index in [1.165, 1.54) is 15.7 Å². The van der Waals surface area contributed by atoms with E-state index in [0.717, 1.165) is 13.0 Å². The lowest BCUT2D eigenvalue weighted by Gasteiger charge is -2.15. The smallest absolute Gasteiger partial charge is 0.266 e. The third-order valence-corrected chi connectivity index (χ3v) is 5.53. The molecule has 3 aromatic rings. The Morgan fingerprint density at radius 2 is 2.19 bits per heavy atom. The van der Waals surface area contributed by atoms with Gasteiger partial charge in [0.05, 0.1) is 10.3 Å². The van der Waals surface area contributed by atoms with Gasteiger partial charge in [-0.2, -0.15) is 0 Å². The maximum absolute atomic E-state index is 12.5. The molecule has 1 N–H and O–H groups in total. The molecule has 0 aliphatic carbocycles. The highest BCUT2D eigenvalue weighted by Gasteiger charge is 2.19. The zero-order chi connectivity index (χ0) is 18.1. The van der Waals surface area contributed by atoms with Crippen molar-refractivity contribution in [3.63, 3.8) is 0 Å². The third-order valence-electron chi connectivity index (χ3n) is 4.50. The summed E-state index contributed by atoms with van der Waals surface area (Å²) in [5.41, 5.74) is 0.391. The number of rotatable bonds is 5. The van der Waals surface area contributed by atoms with Crippen LogP contribution in [-0.2, 0) is 4.79 Å². The number of likely N-dealkylation sites (tertiary alicyclic amines) is 1. The number of carbonyl (C=O) groups is 2. The van der Waals surface area contributed by atoms with Crippen molar-refractivity contribution in [3.8, 4) is 0 Å². The van der Waals surface area contributed by atoms with Gasteiger partial charge in [0, 0.05) is 32.3 Å². The van der Waals surface area contributed by atoms with E-state index in [1.807, 2.05) is 11.0 Å². The van der Waals surface area contributed by atoms with Gasteiger partial charge in [-0.3, -0.25) is 18.8 Å². The average Bonchev–Trinajstić information content (AvgIpc) is 3.25. The molecular formula is C18H18N4O3S. The van der Waals surface area contributed by atoms with Gasteiger partial charge in [-0.15, -0.1) is 11.3 Å². The molecule has 134 valence electrons. The molecule has 0 radical (unpaired) electrons. The van der Waals surface area contributed by atoms with Crippen LogP contribution in [0.15, 0.2) is 35.3 Å². The number of nitrogens with zero attached hydrogens (tertiary/aromatic N) is 3. The lowest BCUT2D eigenvalue weighted by molar-refractivity contribution is -0.127. The van der Waals surface area contributed by atoms with E-state index in [2.05, 4.69) is 10.3 Å². The Labute approximate surface area is 153 Å². The van der Waals surface area contributed by atoms with Gasteiger partial charge in [0.2, 0.25) is 5.91 Å². The van der Waals surface area contributed by atoms with Gasteiger partial charge in [0.25, 0.3) is 11.5 Å². The fourth-order valence-corrected chi connectivity index (χ4v) is 4.11. The summed E-state index contributed by atoms with van der Waals surface area (Å²) in [6, 6.07) is 6.96. The number of amides is 2. The van der Waals surface area contributed by atoms with Crippen LogP contribution in [0, 0.1) is 0 Å². The summed E-state index contributed by atoms with van der Waals surface area (Å²) < 4.78 is 1.48. The number of hydrogen-bond acceptors (Lipinski definition) is 5. The van der Waals surface area contributed by atoms with Crippen LogP contribution in [0.1, 0.15) is 28.9 Å². The second-order valence-electron chi connectivity index (χ2n) is 6.27. The minimum Gasteiger partial charge on any atom is -0.351 e. The molecule has 4 heterocycles. The summed E-state index contributed by atoms with van der Waals surface area (Å²) in [6.07, 6.45) is 3.93. The van der Waals surface area contributed by atoms with Crippen LogP contribution in [0.25, 0.3) is 15.9 Å². The molecule has 26 heavy (non-hydrogen) atoms. The second-order valence-corrected chi connectivity index (χ2v) is 7.30. The van der Waals surface area contributed by atoms with Gasteiger partial charge in [-0.05, 0) is 31.0 Å². The van der Waals surface area contributed by atoms with Crippen molar-refractivity contribution >= 4 is 39.0 Å². The van der Waals surface area contributed by atoms with Crippen molar-refractivity contribution in [3.05, 3.63) is 45.7 Å². The molecular weight excluding hydrogens is 352 g/mol. The molecule has 0 saturated carbocycles. The van der Waals surface area contributed by atoms with Crippen LogP contribution in [0.4, 0.5) is 0 Å². The molecule has 1 fully saturated rings. The fourth-order valence-electron chi connectivity index (χ4n) is 3.16. The molecule has 7 nitrogen and oxygen atoms in total. The predicted octanol–water partition coefficient (Wildman–Crippen LogP) is 1.65. The van der Waals surface area contributed by atoms with E-state index < -0.39 is 0 Å². The summed E-state index contributed by atoms with van der Waals surface area (Å²) in [5, 5.41) is 3.31. The summed E-state index contributed by atoms with van der Waals surface area (Å²) in [4.78, 5) is 43.8. The normalized spacial score (nSPS) is 14.5. The molecule has 2 amide bonds. The highest BCUT2D eigenvalue weighted by atomic mass is 32.1. The van der Waals surface area contributed by atoms with Crippen molar-refractivity contribution < 1.29 is 9.59 Å². The number of thiophene rings is 1. The number of hydrogen-bond donors (Lipinski definition) is 1. The Bertz CT molecular complexity index is 1060. The van der Waals surface area contributed by atoms with Crippen LogP contribution < -0.4 is 10.9 Å². The number of aromatic nitrogens is 2. The molecule has 0 atom stereocenters. The van der Waals surface area contributed by atoms with Crippen LogP contribution in [0.2, 0.25) is 0 Å². The van der Waals surface area contributed by atoms with Crippen LogP contribution >= 0.6 is 11.3 Å².